The quantitative estimate of drug-likeness (QED) is 0.777. The maximum Gasteiger partial charge on any atom is 0.305 e. The van der Waals surface area contributed by atoms with Crippen LogP contribution in [-0.4, -0.2) is 39.7 Å². The van der Waals surface area contributed by atoms with Gasteiger partial charge in [-0.2, -0.15) is 0 Å². The van der Waals surface area contributed by atoms with Crippen molar-refractivity contribution in [3.8, 4) is 0 Å². The molecule has 0 spiro atoms. The van der Waals surface area contributed by atoms with Crippen molar-refractivity contribution < 1.29 is 14.7 Å². The van der Waals surface area contributed by atoms with Crippen LogP contribution in [0.4, 0.5) is 0 Å². The van der Waals surface area contributed by atoms with Crippen LogP contribution in [0.25, 0.3) is 0 Å². The van der Waals surface area contributed by atoms with Crippen molar-refractivity contribution >= 4 is 35.2 Å². The molecule has 0 aliphatic heterocycles. The van der Waals surface area contributed by atoms with E-state index in [1.165, 1.54) is 11.8 Å². The number of rotatable bonds is 7. The fourth-order valence-corrected chi connectivity index (χ4v) is 2.90. The summed E-state index contributed by atoms with van der Waals surface area (Å²) in [6.45, 7) is 5.84. The first-order valence-corrected chi connectivity index (χ1v) is 8.01. The zero-order chi connectivity index (χ0) is 16.0. The molecule has 116 valence electrons. The molecule has 0 aliphatic carbocycles. The summed E-state index contributed by atoms with van der Waals surface area (Å²) in [6.07, 6.45) is -0.0394. The monoisotopic (exact) mass is 329 g/mol. The molecule has 0 fully saturated rings. The zero-order valence-electron chi connectivity index (χ0n) is 12.4. The second-order valence-electron chi connectivity index (χ2n) is 4.98. The highest BCUT2D eigenvalue weighted by Crippen LogP contribution is 2.26. The molecule has 6 heteroatoms. The lowest BCUT2D eigenvalue weighted by atomic mass is 10.2. The molecular weight excluding hydrogens is 310 g/mol. The largest absolute Gasteiger partial charge is 0.481 e. The van der Waals surface area contributed by atoms with E-state index in [1.54, 1.807) is 17.0 Å². The summed E-state index contributed by atoms with van der Waals surface area (Å²) >= 11 is 7.28. The first kappa shape index (κ1) is 17.9. The summed E-state index contributed by atoms with van der Waals surface area (Å²) in [5, 5.41) is 9.15. The van der Waals surface area contributed by atoms with Gasteiger partial charge in [0.1, 0.15) is 0 Å². The van der Waals surface area contributed by atoms with Gasteiger partial charge in [0.2, 0.25) is 5.91 Å². The second-order valence-corrected chi connectivity index (χ2v) is 6.83. The normalized spacial score (nSPS) is 12.2. The molecule has 0 saturated heterocycles. The smallest absolute Gasteiger partial charge is 0.305 e. The third kappa shape index (κ3) is 5.98. The van der Waals surface area contributed by atoms with E-state index in [0.717, 1.165) is 4.90 Å². The summed E-state index contributed by atoms with van der Waals surface area (Å²) < 4.78 is 0. The van der Waals surface area contributed by atoms with Crippen LogP contribution in [0.5, 0.6) is 0 Å². The van der Waals surface area contributed by atoms with E-state index in [-0.39, 0.29) is 30.2 Å². The molecular formula is C15H20ClNO3S. The van der Waals surface area contributed by atoms with Crippen molar-refractivity contribution in [3.05, 3.63) is 29.3 Å². The minimum atomic E-state index is -0.897. The van der Waals surface area contributed by atoms with Crippen LogP contribution in [0.15, 0.2) is 29.2 Å². The lowest BCUT2D eigenvalue weighted by molar-refractivity contribution is -0.138. The van der Waals surface area contributed by atoms with Gasteiger partial charge in [0.25, 0.3) is 0 Å². The highest BCUT2D eigenvalue weighted by atomic mass is 35.5. The van der Waals surface area contributed by atoms with Crippen molar-refractivity contribution in [2.45, 2.75) is 43.4 Å². The average molecular weight is 330 g/mol. The predicted molar refractivity (Wildman–Crippen MR) is 85.9 cm³/mol. The molecule has 1 aromatic rings. The molecule has 4 nitrogen and oxygen atoms in total. The molecule has 0 aromatic heterocycles. The third-order valence-electron chi connectivity index (χ3n) is 2.95. The molecule has 0 bridgehead atoms. The number of hydrogen-bond donors (Lipinski definition) is 1. The topological polar surface area (TPSA) is 57.6 Å². The Morgan fingerprint density at radius 3 is 2.29 bits per heavy atom. The van der Waals surface area contributed by atoms with Gasteiger partial charge in [-0.1, -0.05) is 11.6 Å². The summed E-state index contributed by atoms with van der Waals surface area (Å²) in [6, 6.07) is 7.28. The Morgan fingerprint density at radius 1 is 1.24 bits per heavy atom. The van der Waals surface area contributed by atoms with E-state index in [1.807, 2.05) is 32.9 Å². The van der Waals surface area contributed by atoms with E-state index in [4.69, 9.17) is 16.7 Å². The zero-order valence-corrected chi connectivity index (χ0v) is 13.9. The number of carbonyl (C=O) groups excluding carboxylic acids is 1. The minimum Gasteiger partial charge on any atom is -0.481 e. The van der Waals surface area contributed by atoms with Crippen LogP contribution in [0.1, 0.15) is 27.2 Å². The van der Waals surface area contributed by atoms with E-state index in [2.05, 4.69) is 0 Å². The van der Waals surface area contributed by atoms with Crippen LogP contribution in [0, 0.1) is 0 Å². The van der Waals surface area contributed by atoms with E-state index in [9.17, 15) is 9.59 Å². The SMILES string of the molecule is CC(Sc1ccc(Cl)cc1)C(=O)N(CCC(=O)O)C(C)C. The van der Waals surface area contributed by atoms with Gasteiger partial charge in [0.05, 0.1) is 11.7 Å². The number of hydrogen-bond acceptors (Lipinski definition) is 3. The van der Waals surface area contributed by atoms with Crippen LogP contribution >= 0.6 is 23.4 Å². The molecule has 1 N–H and O–H groups in total. The number of halogens is 1. The Kier molecular flexibility index (Phi) is 7.05. The Balaban J connectivity index is 2.68. The number of aliphatic carboxylic acids is 1. The Hall–Kier alpha value is -1.20. The van der Waals surface area contributed by atoms with E-state index < -0.39 is 5.97 Å². The minimum absolute atomic E-state index is 0.0230. The van der Waals surface area contributed by atoms with Gasteiger partial charge in [-0.15, -0.1) is 11.8 Å². The van der Waals surface area contributed by atoms with Crippen molar-refractivity contribution in [2.24, 2.45) is 0 Å². The van der Waals surface area contributed by atoms with Gasteiger partial charge in [0.15, 0.2) is 0 Å². The molecule has 1 amide bonds. The van der Waals surface area contributed by atoms with Crippen molar-refractivity contribution in [1.29, 1.82) is 0 Å². The van der Waals surface area contributed by atoms with Gasteiger partial charge in [-0.05, 0) is 45.0 Å². The third-order valence-corrected chi connectivity index (χ3v) is 4.30. The summed E-state index contributed by atoms with van der Waals surface area (Å²) in [7, 11) is 0. The number of carboxylic acid groups (broad SMARTS) is 1. The standard InChI is InChI=1S/C15H20ClNO3S/c1-10(2)17(9-8-14(18)19)15(20)11(3)21-13-6-4-12(16)5-7-13/h4-7,10-11H,8-9H2,1-3H3,(H,18,19). The molecule has 0 aliphatic rings. The van der Waals surface area contributed by atoms with Crippen molar-refractivity contribution in [2.75, 3.05) is 6.54 Å². The fraction of sp³-hybridized carbons (Fsp3) is 0.467. The summed E-state index contributed by atoms with van der Waals surface area (Å²) in [5.41, 5.74) is 0. The second kappa shape index (κ2) is 8.29. The van der Waals surface area contributed by atoms with E-state index in [0.29, 0.717) is 5.02 Å². The van der Waals surface area contributed by atoms with Gasteiger partial charge in [-0.25, -0.2) is 0 Å². The first-order chi connectivity index (χ1) is 9.81. The van der Waals surface area contributed by atoms with Gasteiger partial charge < -0.3 is 10.0 Å². The molecule has 1 rings (SSSR count). The highest BCUT2D eigenvalue weighted by Gasteiger charge is 2.24. The van der Waals surface area contributed by atoms with Crippen LogP contribution in [-0.2, 0) is 9.59 Å². The number of thioether (sulfide) groups is 1. The fourth-order valence-electron chi connectivity index (χ4n) is 1.84. The lowest BCUT2D eigenvalue weighted by Gasteiger charge is -2.28. The predicted octanol–water partition coefficient (Wildman–Crippen LogP) is 3.53. The van der Waals surface area contributed by atoms with Gasteiger partial charge >= 0.3 is 5.97 Å². The molecule has 1 atom stereocenters. The van der Waals surface area contributed by atoms with Gasteiger partial charge in [0, 0.05) is 22.5 Å². The van der Waals surface area contributed by atoms with Crippen LogP contribution in [0.3, 0.4) is 0 Å². The van der Waals surface area contributed by atoms with Gasteiger partial charge in [-0.3, -0.25) is 9.59 Å². The maximum atomic E-state index is 12.5. The van der Waals surface area contributed by atoms with Crippen molar-refractivity contribution in [1.82, 2.24) is 4.90 Å². The molecule has 1 aromatic carbocycles. The molecule has 1 unspecified atom stereocenters. The maximum absolute atomic E-state index is 12.5. The molecule has 0 radical (unpaired) electrons. The Morgan fingerprint density at radius 2 is 1.81 bits per heavy atom. The lowest BCUT2D eigenvalue weighted by Crippen LogP contribution is -2.42. The summed E-state index contributed by atoms with van der Waals surface area (Å²) in [5.74, 6) is -0.947. The molecule has 0 saturated carbocycles. The Bertz CT molecular complexity index is 490. The Labute approximate surface area is 134 Å². The number of carbonyl (C=O) groups is 2. The molecule has 0 heterocycles. The highest BCUT2D eigenvalue weighted by molar-refractivity contribution is 8.00. The average Bonchev–Trinajstić information content (AvgIpc) is 2.40. The van der Waals surface area contributed by atoms with Crippen LogP contribution in [0.2, 0.25) is 5.02 Å². The first-order valence-electron chi connectivity index (χ1n) is 6.75. The van der Waals surface area contributed by atoms with Crippen molar-refractivity contribution in [3.63, 3.8) is 0 Å². The molecule has 21 heavy (non-hydrogen) atoms. The number of carboxylic acids is 1. The summed E-state index contributed by atoms with van der Waals surface area (Å²) in [4.78, 5) is 25.7. The van der Waals surface area contributed by atoms with E-state index >= 15 is 0 Å². The van der Waals surface area contributed by atoms with Crippen LogP contribution < -0.4 is 0 Å². The number of nitrogens with zero attached hydrogens (tertiary/aromatic N) is 1. The number of benzene rings is 1. The number of amides is 1.